The Balaban J connectivity index is 2.25. The number of ether oxygens (including phenoxy) is 4. The van der Waals surface area contributed by atoms with Crippen LogP contribution in [0.25, 0.3) is 0 Å². The molecule has 1 aliphatic heterocycles. The molecule has 7 heteroatoms. The van der Waals surface area contributed by atoms with Gasteiger partial charge in [-0.3, -0.25) is 14.6 Å². The van der Waals surface area contributed by atoms with Gasteiger partial charge >= 0.3 is 11.9 Å². The molecule has 1 aliphatic rings. The molecule has 0 atom stereocenters. The molecule has 0 bridgehead atoms. The average molecular weight is 307 g/mol. The molecule has 118 valence electrons. The Morgan fingerprint density at radius 2 is 1.77 bits per heavy atom. The number of carbonyl (C=O) groups excluding carboxylic acids is 2. The number of rotatable bonds is 4. The van der Waals surface area contributed by atoms with Crippen LogP contribution in [0.4, 0.5) is 5.69 Å². The van der Waals surface area contributed by atoms with Gasteiger partial charge in [0.05, 0.1) is 14.2 Å². The normalized spacial score (nSPS) is 18.0. The number of hydrogen-bond donors (Lipinski definition) is 0. The Morgan fingerprint density at radius 3 is 2.32 bits per heavy atom. The van der Waals surface area contributed by atoms with Gasteiger partial charge in [-0.2, -0.15) is 0 Å². The summed E-state index contributed by atoms with van der Waals surface area (Å²) in [6.07, 6.45) is 1.18. The maximum atomic E-state index is 11.8. The fourth-order valence-corrected chi connectivity index (χ4v) is 1.90. The van der Waals surface area contributed by atoms with Gasteiger partial charge in [0.2, 0.25) is 0 Å². The number of benzene rings is 1. The van der Waals surface area contributed by atoms with Gasteiger partial charge in [0.25, 0.3) is 5.79 Å². The average Bonchev–Trinajstić information content (AvgIpc) is 2.44. The number of hydrogen-bond acceptors (Lipinski definition) is 7. The predicted molar refractivity (Wildman–Crippen MR) is 77.5 cm³/mol. The minimum absolute atomic E-state index is 0.423. The molecule has 22 heavy (non-hydrogen) atoms. The van der Waals surface area contributed by atoms with Crippen LogP contribution in [0.15, 0.2) is 23.2 Å². The van der Waals surface area contributed by atoms with E-state index in [1.54, 1.807) is 18.2 Å². The van der Waals surface area contributed by atoms with Gasteiger partial charge in [-0.15, -0.1) is 0 Å². The Hall–Kier alpha value is -2.57. The molecule has 7 nitrogen and oxygen atoms in total. The van der Waals surface area contributed by atoms with Crippen LogP contribution >= 0.6 is 0 Å². The van der Waals surface area contributed by atoms with Gasteiger partial charge in [-0.25, -0.2) is 0 Å². The molecule has 0 unspecified atom stereocenters. The first-order chi connectivity index (χ1) is 10.4. The van der Waals surface area contributed by atoms with Gasteiger partial charge in [-0.05, 0) is 12.1 Å². The van der Waals surface area contributed by atoms with Crippen molar-refractivity contribution in [1.29, 1.82) is 0 Å². The molecule has 1 saturated heterocycles. The first kappa shape index (κ1) is 15.8. The van der Waals surface area contributed by atoms with Crippen molar-refractivity contribution in [1.82, 2.24) is 0 Å². The minimum atomic E-state index is -1.26. The lowest BCUT2D eigenvalue weighted by Gasteiger charge is -2.31. The van der Waals surface area contributed by atoms with Crippen molar-refractivity contribution in [3.05, 3.63) is 18.2 Å². The molecule has 1 heterocycles. The van der Waals surface area contributed by atoms with Gasteiger partial charge in [0.1, 0.15) is 17.2 Å². The number of carbonyl (C=O) groups is 2. The Labute approximate surface area is 127 Å². The molecule has 0 aliphatic carbocycles. The highest BCUT2D eigenvalue weighted by molar-refractivity contribution is 6.10. The third-order valence-electron chi connectivity index (χ3n) is 2.95. The Bertz CT molecular complexity index is 602. The third-order valence-corrected chi connectivity index (χ3v) is 2.95. The zero-order chi connectivity index (χ0) is 16.3. The number of cyclic esters (lactones) is 2. The zero-order valence-electron chi connectivity index (χ0n) is 12.8. The van der Waals surface area contributed by atoms with Crippen LogP contribution in [-0.2, 0) is 19.1 Å². The summed E-state index contributed by atoms with van der Waals surface area (Å²) < 4.78 is 20.3. The highest BCUT2D eigenvalue weighted by atomic mass is 16.7. The van der Waals surface area contributed by atoms with Gasteiger partial charge in [0.15, 0.2) is 5.92 Å². The molecular formula is C15H17NO6. The van der Waals surface area contributed by atoms with Crippen LogP contribution in [0, 0.1) is 5.92 Å². The molecule has 2 rings (SSSR count). The summed E-state index contributed by atoms with van der Waals surface area (Å²) in [5.74, 6) is -2.81. The van der Waals surface area contributed by atoms with E-state index in [2.05, 4.69) is 4.99 Å². The largest absolute Gasteiger partial charge is 0.497 e. The molecule has 0 N–H and O–H groups in total. The van der Waals surface area contributed by atoms with Crippen molar-refractivity contribution in [3.8, 4) is 11.5 Å². The molecule has 0 saturated carbocycles. The van der Waals surface area contributed by atoms with Gasteiger partial charge in [-0.1, -0.05) is 0 Å². The molecule has 1 aromatic carbocycles. The lowest BCUT2D eigenvalue weighted by atomic mass is 10.1. The summed E-state index contributed by atoms with van der Waals surface area (Å²) in [6, 6.07) is 5.01. The van der Waals surface area contributed by atoms with Crippen molar-refractivity contribution in [2.45, 2.75) is 19.6 Å². The molecule has 1 aromatic rings. The fraction of sp³-hybridized carbons (Fsp3) is 0.400. The van der Waals surface area contributed by atoms with E-state index in [0.717, 1.165) is 0 Å². The molecule has 0 spiro atoms. The number of methoxy groups -OCH3 is 2. The summed E-state index contributed by atoms with van der Waals surface area (Å²) in [5.41, 5.74) is 0.423. The zero-order valence-corrected chi connectivity index (χ0v) is 12.8. The maximum Gasteiger partial charge on any atom is 0.329 e. The smallest absolute Gasteiger partial charge is 0.329 e. The van der Waals surface area contributed by atoms with Crippen molar-refractivity contribution in [3.63, 3.8) is 0 Å². The highest BCUT2D eigenvalue weighted by Crippen LogP contribution is 2.32. The van der Waals surface area contributed by atoms with Crippen LogP contribution in [-0.4, -0.2) is 38.2 Å². The van der Waals surface area contributed by atoms with Gasteiger partial charge in [0, 0.05) is 26.1 Å². The van der Waals surface area contributed by atoms with Crippen LogP contribution in [0.1, 0.15) is 13.8 Å². The van der Waals surface area contributed by atoms with Crippen LogP contribution in [0.5, 0.6) is 11.5 Å². The van der Waals surface area contributed by atoms with E-state index in [4.69, 9.17) is 18.9 Å². The van der Waals surface area contributed by atoms with Crippen LogP contribution in [0.3, 0.4) is 0 Å². The quantitative estimate of drug-likeness (QED) is 0.479. The van der Waals surface area contributed by atoms with Gasteiger partial charge < -0.3 is 18.9 Å². The van der Waals surface area contributed by atoms with E-state index in [9.17, 15) is 9.59 Å². The van der Waals surface area contributed by atoms with E-state index in [-0.39, 0.29) is 0 Å². The molecule has 0 aromatic heterocycles. The predicted octanol–water partition coefficient (Wildman–Crippen LogP) is 1.86. The number of esters is 2. The third kappa shape index (κ3) is 3.36. The maximum absolute atomic E-state index is 11.8. The van der Waals surface area contributed by atoms with Crippen LogP contribution in [0.2, 0.25) is 0 Å². The minimum Gasteiger partial charge on any atom is -0.497 e. The van der Waals surface area contributed by atoms with Crippen LogP contribution < -0.4 is 9.47 Å². The lowest BCUT2D eigenvalue weighted by Crippen LogP contribution is -2.46. The second-order valence-electron chi connectivity index (χ2n) is 5.04. The SMILES string of the molecule is COc1ccc(OC)c(N=CC2C(=O)OC(C)(C)OC2=O)c1. The van der Waals surface area contributed by atoms with E-state index in [0.29, 0.717) is 17.2 Å². The summed E-state index contributed by atoms with van der Waals surface area (Å²) in [6.45, 7) is 2.97. The van der Waals surface area contributed by atoms with E-state index >= 15 is 0 Å². The summed E-state index contributed by atoms with van der Waals surface area (Å²) in [5, 5.41) is 0. The van der Waals surface area contributed by atoms with E-state index in [1.165, 1.54) is 34.3 Å². The van der Waals surface area contributed by atoms with Crippen molar-refractivity contribution in [2.24, 2.45) is 10.9 Å². The van der Waals surface area contributed by atoms with Crippen molar-refractivity contribution >= 4 is 23.8 Å². The monoisotopic (exact) mass is 307 g/mol. The Kier molecular flexibility index (Phi) is 4.35. The summed E-state index contributed by atoms with van der Waals surface area (Å²) >= 11 is 0. The fourth-order valence-electron chi connectivity index (χ4n) is 1.90. The van der Waals surface area contributed by atoms with E-state index < -0.39 is 23.6 Å². The first-order valence-corrected chi connectivity index (χ1v) is 6.58. The molecular weight excluding hydrogens is 290 g/mol. The van der Waals surface area contributed by atoms with Crippen molar-refractivity contribution in [2.75, 3.05) is 14.2 Å². The molecule has 0 radical (unpaired) electrons. The lowest BCUT2D eigenvalue weighted by molar-refractivity contribution is -0.235. The number of aliphatic imine (C=N–C) groups is 1. The highest BCUT2D eigenvalue weighted by Gasteiger charge is 2.42. The molecule has 0 amide bonds. The van der Waals surface area contributed by atoms with E-state index in [1.807, 2.05) is 0 Å². The standard InChI is InChI=1S/C15H17NO6/c1-15(2)21-13(17)10(14(18)22-15)8-16-11-7-9(19-3)5-6-12(11)20-4/h5-8,10H,1-4H3. The second kappa shape index (κ2) is 6.05. The summed E-state index contributed by atoms with van der Waals surface area (Å²) in [7, 11) is 3.01. The van der Waals surface area contributed by atoms with Crippen molar-refractivity contribution < 1.29 is 28.5 Å². The topological polar surface area (TPSA) is 83.4 Å². The first-order valence-electron chi connectivity index (χ1n) is 6.58. The Morgan fingerprint density at radius 1 is 1.14 bits per heavy atom. The molecule has 1 fully saturated rings. The second-order valence-corrected chi connectivity index (χ2v) is 5.04. The number of nitrogens with zero attached hydrogens (tertiary/aromatic N) is 1. The summed E-state index contributed by atoms with van der Waals surface area (Å²) in [4.78, 5) is 27.8.